The van der Waals surface area contributed by atoms with Crippen LogP contribution in [-0.2, 0) is 0 Å². The fourth-order valence-electron chi connectivity index (χ4n) is 5.49. The fourth-order valence-corrected chi connectivity index (χ4v) is 5.49. The van der Waals surface area contributed by atoms with Crippen LogP contribution in [0.4, 0.5) is 0 Å². The second kappa shape index (κ2) is 4.52. The Morgan fingerprint density at radius 1 is 1.05 bits per heavy atom. The van der Waals surface area contributed by atoms with Gasteiger partial charge in [0.1, 0.15) is 11.8 Å². The Bertz CT molecular complexity index is 543. The summed E-state index contributed by atoms with van der Waals surface area (Å²) in [6, 6.07) is 8.56. The second-order valence-corrected chi connectivity index (χ2v) is 7.03. The number of hydrogen-bond acceptors (Lipinski definition) is 2. The topological polar surface area (TPSA) is 33.0 Å². The zero-order valence-corrected chi connectivity index (χ0v) is 12.0. The summed E-state index contributed by atoms with van der Waals surface area (Å²) in [5.41, 5.74) is 2.08. The highest BCUT2D eigenvalue weighted by Gasteiger charge is 2.48. The van der Waals surface area contributed by atoms with E-state index >= 15 is 0 Å². The van der Waals surface area contributed by atoms with E-state index in [0.717, 1.165) is 23.7 Å². The first-order valence-electron chi connectivity index (χ1n) is 7.86. The minimum Gasteiger partial charge on any atom is -0.495 e. The van der Waals surface area contributed by atoms with Crippen molar-refractivity contribution >= 4 is 0 Å². The summed E-state index contributed by atoms with van der Waals surface area (Å²) in [5, 5.41) is 9.29. The molecule has 2 nitrogen and oxygen atoms in total. The lowest BCUT2D eigenvalue weighted by Crippen LogP contribution is -2.43. The Morgan fingerprint density at radius 3 is 2.25 bits per heavy atom. The van der Waals surface area contributed by atoms with Crippen LogP contribution in [0.3, 0.4) is 0 Å². The van der Waals surface area contributed by atoms with E-state index in [1.54, 1.807) is 7.11 Å². The Kier molecular flexibility index (Phi) is 2.77. The highest BCUT2D eigenvalue weighted by molar-refractivity contribution is 5.46. The van der Waals surface area contributed by atoms with Crippen LogP contribution in [0.25, 0.3) is 0 Å². The largest absolute Gasteiger partial charge is 0.495 e. The van der Waals surface area contributed by atoms with Crippen molar-refractivity contribution in [2.75, 3.05) is 7.11 Å². The maximum Gasteiger partial charge on any atom is 0.136 e. The quantitative estimate of drug-likeness (QED) is 0.808. The monoisotopic (exact) mass is 267 g/mol. The molecule has 0 atom stereocenters. The van der Waals surface area contributed by atoms with Crippen LogP contribution in [-0.4, -0.2) is 7.11 Å². The standard InChI is InChI=1S/C18H21NO/c1-20-17-3-2-13(9-16(17)10-19)18-14-5-11-4-12(7-14)8-15(18)6-11/h2-3,9,11-12,14-15,18H,4-8H2,1H3. The van der Waals surface area contributed by atoms with E-state index in [1.807, 2.05) is 6.07 Å². The molecule has 4 bridgehead atoms. The lowest BCUT2D eigenvalue weighted by atomic mass is 9.51. The molecule has 0 unspecified atom stereocenters. The van der Waals surface area contributed by atoms with E-state index in [4.69, 9.17) is 4.74 Å². The first-order chi connectivity index (χ1) is 9.78. The molecule has 20 heavy (non-hydrogen) atoms. The van der Waals surface area contributed by atoms with Gasteiger partial charge >= 0.3 is 0 Å². The van der Waals surface area contributed by atoms with Crippen molar-refractivity contribution in [3.8, 4) is 11.8 Å². The van der Waals surface area contributed by atoms with Crippen LogP contribution in [0.1, 0.15) is 49.1 Å². The zero-order valence-electron chi connectivity index (χ0n) is 12.0. The Morgan fingerprint density at radius 2 is 1.70 bits per heavy atom. The van der Waals surface area contributed by atoms with Crippen LogP contribution >= 0.6 is 0 Å². The van der Waals surface area contributed by atoms with E-state index in [1.165, 1.54) is 37.7 Å². The lowest BCUT2D eigenvalue weighted by molar-refractivity contribution is -0.00279. The van der Waals surface area contributed by atoms with Gasteiger partial charge in [0.15, 0.2) is 0 Å². The third kappa shape index (κ3) is 1.76. The molecule has 4 aliphatic rings. The maximum absolute atomic E-state index is 9.29. The second-order valence-electron chi connectivity index (χ2n) is 7.03. The van der Waals surface area contributed by atoms with Crippen LogP contribution in [0.2, 0.25) is 0 Å². The highest BCUT2D eigenvalue weighted by atomic mass is 16.5. The number of ether oxygens (including phenoxy) is 1. The number of nitrogens with zero attached hydrogens (tertiary/aromatic N) is 1. The van der Waals surface area contributed by atoms with Crippen molar-refractivity contribution in [3.63, 3.8) is 0 Å². The average molecular weight is 267 g/mol. The number of methoxy groups -OCH3 is 1. The van der Waals surface area contributed by atoms with Gasteiger partial charge in [-0.2, -0.15) is 5.26 Å². The van der Waals surface area contributed by atoms with Crippen molar-refractivity contribution in [1.82, 2.24) is 0 Å². The third-order valence-corrected chi connectivity index (χ3v) is 5.96. The molecule has 4 aliphatic carbocycles. The Balaban J connectivity index is 1.69. The van der Waals surface area contributed by atoms with Crippen LogP contribution in [0.5, 0.6) is 5.75 Å². The lowest BCUT2D eigenvalue weighted by Gasteiger charge is -2.54. The van der Waals surface area contributed by atoms with Gasteiger partial charge < -0.3 is 4.74 Å². The molecule has 4 fully saturated rings. The summed E-state index contributed by atoms with van der Waals surface area (Å²) in [6.07, 6.45) is 7.18. The molecule has 0 saturated heterocycles. The number of hydrogen-bond donors (Lipinski definition) is 0. The van der Waals surface area contributed by atoms with Gasteiger partial charge in [0, 0.05) is 0 Å². The predicted molar refractivity (Wildman–Crippen MR) is 77.5 cm³/mol. The summed E-state index contributed by atoms with van der Waals surface area (Å²) in [7, 11) is 1.64. The van der Waals surface area contributed by atoms with Crippen molar-refractivity contribution in [3.05, 3.63) is 29.3 Å². The molecule has 1 aromatic rings. The molecule has 1 aromatic carbocycles. The first-order valence-corrected chi connectivity index (χ1v) is 7.86. The van der Waals surface area contributed by atoms with Crippen molar-refractivity contribution < 1.29 is 4.74 Å². The van der Waals surface area contributed by atoms with E-state index in [-0.39, 0.29) is 0 Å². The summed E-state index contributed by atoms with van der Waals surface area (Å²) in [5.74, 6) is 5.14. The van der Waals surface area contributed by atoms with E-state index < -0.39 is 0 Å². The van der Waals surface area contributed by atoms with Gasteiger partial charge in [0.05, 0.1) is 12.7 Å². The molecule has 0 N–H and O–H groups in total. The van der Waals surface area contributed by atoms with Crippen LogP contribution in [0, 0.1) is 35.0 Å². The molecule has 0 radical (unpaired) electrons. The number of benzene rings is 1. The molecule has 0 aromatic heterocycles. The summed E-state index contributed by atoms with van der Waals surface area (Å²) >= 11 is 0. The van der Waals surface area contributed by atoms with Crippen LogP contribution < -0.4 is 4.74 Å². The van der Waals surface area contributed by atoms with E-state index in [0.29, 0.717) is 17.2 Å². The SMILES string of the molecule is COc1ccc(C2C3CC4CC(C3)CC2C4)cc1C#N. The summed E-state index contributed by atoms with van der Waals surface area (Å²) in [6.45, 7) is 0. The Labute approximate surface area is 120 Å². The third-order valence-electron chi connectivity index (χ3n) is 5.96. The van der Waals surface area contributed by atoms with Crippen LogP contribution in [0.15, 0.2) is 18.2 Å². The van der Waals surface area contributed by atoms with Gasteiger partial charge in [0.25, 0.3) is 0 Å². The van der Waals surface area contributed by atoms with Crippen molar-refractivity contribution in [1.29, 1.82) is 5.26 Å². The highest BCUT2D eigenvalue weighted by Crippen LogP contribution is 2.59. The molecule has 0 aliphatic heterocycles. The predicted octanol–water partition coefficient (Wildman–Crippen LogP) is 4.11. The van der Waals surface area contributed by atoms with Gasteiger partial charge in [-0.05, 0) is 79.4 Å². The minimum absolute atomic E-state index is 0.693. The van der Waals surface area contributed by atoms with Gasteiger partial charge in [-0.25, -0.2) is 0 Å². The molecule has 4 saturated carbocycles. The Hall–Kier alpha value is -1.49. The molecular formula is C18H21NO. The molecule has 5 rings (SSSR count). The van der Waals surface area contributed by atoms with E-state index in [2.05, 4.69) is 18.2 Å². The van der Waals surface area contributed by atoms with E-state index in [9.17, 15) is 5.26 Å². The minimum atomic E-state index is 0.693. The fraction of sp³-hybridized carbons (Fsp3) is 0.611. The van der Waals surface area contributed by atoms with Gasteiger partial charge in [-0.15, -0.1) is 0 Å². The normalized spacial score (nSPS) is 37.7. The molecular weight excluding hydrogens is 246 g/mol. The van der Waals surface area contributed by atoms with Gasteiger partial charge in [-0.1, -0.05) is 6.07 Å². The van der Waals surface area contributed by atoms with Crippen molar-refractivity contribution in [2.45, 2.75) is 38.0 Å². The molecule has 0 spiro atoms. The molecule has 2 heteroatoms. The number of nitriles is 1. The first kappa shape index (κ1) is 12.3. The molecule has 0 amide bonds. The number of rotatable bonds is 2. The molecule has 104 valence electrons. The molecule has 0 heterocycles. The van der Waals surface area contributed by atoms with Gasteiger partial charge in [-0.3, -0.25) is 0 Å². The zero-order chi connectivity index (χ0) is 13.7. The van der Waals surface area contributed by atoms with Crippen molar-refractivity contribution in [2.24, 2.45) is 23.7 Å². The smallest absolute Gasteiger partial charge is 0.136 e. The summed E-state index contributed by atoms with van der Waals surface area (Å²) < 4.78 is 5.27. The summed E-state index contributed by atoms with van der Waals surface area (Å²) in [4.78, 5) is 0. The van der Waals surface area contributed by atoms with Gasteiger partial charge in [0.2, 0.25) is 0 Å². The average Bonchev–Trinajstić information content (AvgIpc) is 2.46. The maximum atomic E-state index is 9.29.